The molecule has 1 heterocycles. The Morgan fingerprint density at radius 2 is 1.95 bits per heavy atom. The number of halogens is 3. The number of aromatic nitrogens is 1. The van der Waals surface area contributed by atoms with E-state index in [1.54, 1.807) is 12.1 Å². The van der Waals surface area contributed by atoms with Crippen LogP contribution in [0.3, 0.4) is 0 Å². The molecule has 0 aliphatic rings. The number of benzene rings is 1. The molecule has 0 atom stereocenters. The molecule has 2 rings (SSSR count). The molecule has 0 amide bonds. The highest BCUT2D eigenvalue weighted by molar-refractivity contribution is 5.86. The Morgan fingerprint density at radius 1 is 1.19 bits per heavy atom. The van der Waals surface area contributed by atoms with Crippen LogP contribution in [-0.4, -0.2) is 16.1 Å². The molecule has 6 heteroatoms. The van der Waals surface area contributed by atoms with Crippen LogP contribution in [0.2, 0.25) is 0 Å². The van der Waals surface area contributed by atoms with Crippen LogP contribution in [-0.2, 0) is 11.0 Å². The van der Waals surface area contributed by atoms with Crippen LogP contribution in [0.15, 0.2) is 48.8 Å². The first-order valence-electron chi connectivity index (χ1n) is 5.90. The van der Waals surface area contributed by atoms with Gasteiger partial charge in [-0.3, -0.25) is 4.98 Å². The predicted molar refractivity (Wildman–Crippen MR) is 71.3 cm³/mol. The number of aliphatic carboxylic acids is 1. The Hall–Kier alpha value is -2.63. The van der Waals surface area contributed by atoms with E-state index in [0.29, 0.717) is 17.2 Å². The Kier molecular flexibility index (Phi) is 4.07. The highest BCUT2D eigenvalue weighted by Gasteiger charge is 2.33. The lowest BCUT2D eigenvalue weighted by Gasteiger charge is -2.12. The van der Waals surface area contributed by atoms with E-state index in [4.69, 9.17) is 5.11 Å². The summed E-state index contributed by atoms with van der Waals surface area (Å²) in [5.41, 5.74) is -0.168. The summed E-state index contributed by atoms with van der Waals surface area (Å²) < 4.78 is 39.2. The summed E-state index contributed by atoms with van der Waals surface area (Å²) >= 11 is 0. The van der Waals surface area contributed by atoms with Gasteiger partial charge in [0.1, 0.15) is 0 Å². The van der Waals surface area contributed by atoms with E-state index in [9.17, 15) is 18.0 Å². The summed E-state index contributed by atoms with van der Waals surface area (Å²) in [5.74, 6) is -1.31. The van der Waals surface area contributed by atoms with Gasteiger partial charge in [0.15, 0.2) is 0 Å². The smallest absolute Gasteiger partial charge is 0.417 e. The first kappa shape index (κ1) is 14.8. The summed E-state index contributed by atoms with van der Waals surface area (Å²) in [6.07, 6.45) is 0.0171. The lowest BCUT2D eigenvalue weighted by Crippen LogP contribution is -2.07. The van der Waals surface area contributed by atoms with E-state index in [2.05, 4.69) is 4.98 Å². The molecular formula is C15H10F3NO2. The topological polar surface area (TPSA) is 50.2 Å². The van der Waals surface area contributed by atoms with Gasteiger partial charge in [0, 0.05) is 24.0 Å². The van der Waals surface area contributed by atoms with Crippen molar-refractivity contribution in [3.63, 3.8) is 0 Å². The van der Waals surface area contributed by atoms with Crippen LogP contribution < -0.4 is 0 Å². The lowest BCUT2D eigenvalue weighted by molar-refractivity contribution is -0.137. The summed E-state index contributed by atoms with van der Waals surface area (Å²) in [4.78, 5) is 14.3. The third-order valence-corrected chi connectivity index (χ3v) is 2.76. The van der Waals surface area contributed by atoms with E-state index in [1.165, 1.54) is 24.5 Å². The third kappa shape index (κ3) is 3.68. The van der Waals surface area contributed by atoms with E-state index in [0.717, 1.165) is 12.1 Å². The van der Waals surface area contributed by atoms with Gasteiger partial charge in [0.2, 0.25) is 0 Å². The van der Waals surface area contributed by atoms with Crippen molar-refractivity contribution < 1.29 is 23.1 Å². The number of pyridine rings is 1. The molecule has 0 bridgehead atoms. The van der Waals surface area contributed by atoms with Gasteiger partial charge in [-0.1, -0.05) is 18.2 Å². The van der Waals surface area contributed by atoms with Crippen molar-refractivity contribution in [2.45, 2.75) is 6.18 Å². The van der Waals surface area contributed by atoms with Gasteiger partial charge in [-0.05, 0) is 29.3 Å². The molecule has 0 spiro atoms. The van der Waals surface area contributed by atoms with Crippen LogP contribution in [0.25, 0.3) is 17.2 Å². The van der Waals surface area contributed by atoms with Crippen molar-refractivity contribution >= 4 is 12.0 Å². The summed E-state index contributed by atoms with van der Waals surface area (Å²) in [6, 6.07) is 6.99. The molecule has 3 nitrogen and oxygen atoms in total. The molecule has 0 radical (unpaired) electrons. The Bertz CT molecular complexity index is 679. The second-order valence-electron chi connectivity index (χ2n) is 4.21. The minimum Gasteiger partial charge on any atom is -0.478 e. The molecule has 0 fully saturated rings. The molecule has 21 heavy (non-hydrogen) atoms. The van der Waals surface area contributed by atoms with Gasteiger partial charge < -0.3 is 5.11 Å². The van der Waals surface area contributed by atoms with Gasteiger partial charge >= 0.3 is 12.1 Å². The quantitative estimate of drug-likeness (QED) is 0.874. The second-order valence-corrected chi connectivity index (χ2v) is 4.21. The third-order valence-electron chi connectivity index (χ3n) is 2.76. The van der Waals surface area contributed by atoms with Gasteiger partial charge in [-0.2, -0.15) is 13.2 Å². The zero-order valence-corrected chi connectivity index (χ0v) is 10.6. The zero-order valence-electron chi connectivity index (χ0n) is 10.6. The van der Waals surface area contributed by atoms with Crippen molar-refractivity contribution in [3.05, 3.63) is 59.9 Å². The van der Waals surface area contributed by atoms with Crippen LogP contribution in [0.5, 0.6) is 0 Å². The van der Waals surface area contributed by atoms with Gasteiger partial charge in [-0.15, -0.1) is 0 Å². The van der Waals surface area contributed by atoms with Crippen molar-refractivity contribution in [2.24, 2.45) is 0 Å². The molecule has 2 aromatic rings. The molecule has 0 saturated carbocycles. The standard InChI is InChI=1S/C15H10F3NO2/c16-15(17,18)13-8-11(12-2-1-7-19-9-12)4-3-10(13)5-6-14(20)21/h1-9H,(H,20,21). The van der Waals surface area contributed by atoms with Crippen molar-refractivity contribution in [1.29, 1.82) is 0 Å². The number of nitrogens with zero attached hydrogens (tertiary/aromatic N) is 1. The second kappa shape index (κ2) is 5.78. The molecule has 0 saturated heterocycles. The van der Waals surface area contributed by atoms with Crippen molar-refractivity contribution in [1.82, 2.24) is 4.98 Å². The number of carboxylic acids is 1. The molecule has 0 aliphatic heterocycles. The highest BCUT2D eigenvalue weighted by atomic mass is 19.4. The van der Waals surface area contributed by atoms with Crippen LogP contribution >= 0.6 is 0 Å². The molecular weight excluding hydrogens is 283 g/mol. The number of hydrogen-bond acceptors (Lipinski definition) is 2. The number of rotatable bonds is 3. The molecule has 1 aromatic heterocycles. The first-order chi connectivity index (χ1) is 9.88. The minimum absolute atomic E-state index is 0.197. The van der Waals surface area contributed by atoms with E-state index in [1.807, 2.05) is 0 Å². The van der Waals surface area contributed by atoms with E-state index >= 15 is 0 Å². The maximum Gasteiger partial charge on any atom is 0.417 e. The number of carboxylic acid groups (broad SMARTS) is 1. The monoisotopic (exact) mass is 293 g/mol. The maximum atomic E-state index is 13.1. The molecule has 0 aliphatic carbocycles. The molecule has 1 aromatic carbocycles. The summed E-state index contributed by atoms with van der Waals surface area (Å²) in [6.45, 7) is 0. The van der Waals surface area contributed by atoms with Crippen molar-refractivity contribution in [3.8, 4) is 11.1 Å². The maximum absolute atomic E-state index is 13.1. The Labute approximate surface area is 118 Å². The van der Waals surface area contributed by atoms with Crippen molar-refractivity contribution in [2.75, 3.05) is 0 Å². The number of alkyl halides is 3. The zero-order chi connectivity index (χ0) is 15.5. The molecule has 0 unspecified atom stereocenters. The first-order valence-corrected chi connectivity index (χ1v) is 5.90. The Balaban J connectivity index is 2.53. The number of hydrogen-bond donors (Lipinski definition) is 1. The van der Waals surface area contributed by atoms with E-state index in [-0.39, 0.29) is 5.56 Å². The summed E-state index contributed by atoms with van der Waals surface area (Å²) in [5, 5.41) is 8.52. The fourth-order valence-electron chi connectivity index (χ4n) is 1.82. The largest absolute Gasteiger partial charge is 0.478 e. The normalized spacial score (nSPS) is 11.8. The fraction of sp³-hybridized carbons (Fsp3) is 0.0667. The molecule has 108 valence electrons. The fourth-order valence-corrected chi connectivity index (χ4v) is 1.82. The van der Waals surface area contributed by atoms with Crippen LogP contribution in [0.1, 0.15) is 11.1 Å². The Morgan fingerprint density at radius 3 is 2.52 bits per heavy atom. The highest BCUT2D eigenvalue weighted by Crippen LogP contribution is 2.35. The lowest BCUT2D eigenvalue weighted by atomic mass is 9.99. The van der Waals surface area contributed by atoms with Crippen LogP contribution in [0, 0.1) is 0 Å². The SMILES string of the molecule is O=C(O)C=Cc1ccc(-c2cccnc2)cc1C(F)(F)F. The van der Waals surface area contributed by atoms with E-state index < -0.39 is 17.7 Å². The average Bonchev–Trinajstić information content (AvgIpc) is 2.45. The average molecular weight is 293 g/mol. The molecule has 1 N–H and O–H groups in total. The van der Waals surface area contributed by atoms with Gasteiger partial charge in [0.05, 0.1) is 5.56 Å². The van der Waals surface area contributed by atoms with Gasteiger partial charge in [0.25, 0.3) is 0 Å². The summed E-state index contributed by atoms with van der Waals surface area (Å²) in [7, 11) is 0. The number of carbonyl (C=O) groups is 1. The van der Waals surface area contributed by atoms with Crippen LogP contribution in [0.4, 0.5) is 13.2 Å². The van der Waals surface area contributed by atoms with Gasteiger partial charge in [-0.25, -0.2) is 4.79 Å². The predicted octanol–water partition coefficient (Wildman–Crippen LogP) is 3.87. The minimum atomic E-state index is -4.57.